The van der Waals surface area contributed by atoms with Crippen molar-refractivity contribution in [2.24, 2.45) is 4.99 Å². The van der Waals surface area contributed by atoms with Gasteiger partial charge in [0.2, 0.25) is 0 Å². The van der Waals surface area contributed by atoms with Crippen LogP contribution < -0.4 is 0 Å². The topological polar surface area (TPSA) is 12.4 Å². The fraction of sp³-hybridized carbons (Fsp3) is 0.160. The van der Waals surface area contributed by atoms with E-state index in [1.165, 1.54) is 15.4 Å². The van der Waals surface area contributed by atoms with E-state index in [0.29, 0.717) is 5.92 Å². The van der Waals surface area contributed by atoms with Crippen LogP contribution >= 0.6 is 23.5 Å². The molecule has 0 atom stereocenters. The van der Waals surface area contributed by atoms with Crippen molar-refractivity contribution in [1.82, 2.24) is 0 Å². The number of rotatable bonds is 6. The van der Waals surface area contributed by atoms with Gasteiger partial charge in [-0.25, -0.2) is 4.99 Å². The van der Waals surface area contributed by atoms with Gasteiger partial charge in [-0.1, -0.05) is 85.9 Å². The highest BCUT2D eigenvalue weighted by atomic mass is 32.2. The van der Waals surface area contributed by atoms with E-state index in [4.69, 9.17) is 4.99 Å². The Hall–Kier alpha value is -2.23. The second-order valence-corrected chi connectivity index (χ2v) is 8.82. The van der Waals surface area contributed by atoms with E-state index < -0.39 is 0 Å². The Morgan fingerprint density at radius 2 is 1.36 bits per heavy atom. The van der Waals surface area contributed by atoms with Crippen molar-refractivity contribution >= 4 is 34.3 Å². The highest BCUT2D eigenvalue weighted by molar-refractivity contribution is 8.14. The molecule has 0 spiro atoms. The minimum Gasteiger partial charge on any atom is -0.241 e. The second kappa shape index (κ2) is 10.4. The molecule has 3 rings (SSSR count). The molecule has 0 saturated heterocycles. The highest BCUT2D eigenvalue weighted by Gasteiger charge is 2.07. The third-order valence-electron chi connectivity index (χ3n) is 4.20. The zero-order chi connectivity index (χ0) is 19.8. The molecule has 142 valence electrons. The Labute approximate surface area is 177 Å². The van der Waals surface area contributed by atoms with Crippen LogP contribution in [0, 0.1) is 0 Å². The molecule has 28 heavy (non-hydrogen) atoms. The van der Waals surface area contributed by atoms with Gasteiger partial charge >= 0.3 is 0 Å². The molecule has 0 N–H and O–H groups in total. The highest BCUT2D eigenvalue weighted by Crippen LogP contribution is 2.29. The molecule has 3 aromatic carbocycles. The van der Waals surface area contributed by atoms with E-state index in [9.17, 15) is 0 Å². The van der Waals surface area contributed by atoms with Gasteiger partial charge in [-0.15, -0.1) is 0 Å². The van der Waals surface area contributed by atoms with Crippen LogP contribution in [0.15, 0.2) is 111 Å². The maximum absolute atomic E-state index is 4.96. The quantitative estimate of drug-likeness (QED) is 0.233. The number of hydrogen-bond donors (Lipinski definition) is 0. The third-order valence-corrected chi connectivity index (χ3v) is 6.33. The molecule has 0 unspecified atom stereocenters. The lowest BCUT2D eigenvalue weighted by molar-refractivity contribution is 0.867. The van der Waals surface area contributed by atoms with Gasteiger partial charge in [-0.3, -0.25) is 0 Å². The number of hydrogen-bond acceptors (Lipinski definition) is 3. The van der Waals surface area contributed by atoms with Gasteiger partial charge in [-0.05, 0) is 65.8 Å². The van der Waals surface area contributed by atoms with Crippen LogP contribution in [0.4, 0.5) is 5.69 Å². The normalized spacial score (nSPS) is 12.4. The average Bonchev–Trinajstić information content (AvgIpc) is 2.73. The number of benzene rings is 3. The molecule has 0 fully saturated rings. The minimum absolute atomic E-state index is 0.528. The molecule has 1 nitrogen and oxygen atoms in total. The van der Waals surface area contributed by atoms with Crippen molar-refractivity contribution < 1.29 is 0 Å². The van der Waals surface area contributed by atoms with Crippen molar-refractivity contribution in [2.75, 3.05) is 0 Å². The van der Waals surface area contributed by atoms with Crippen molar-refractivity contribution in [1.29, 1.82) is 0 Å². The summed E-state index contributed by atoms with van der Waals surface area (Å²) in [6.07, 6.45) is 0. The molecule has 3 aromatic rings. The fourth-order valence-electron chi connectivity index (χ4n) is 2.55. The van der Waals surface area contributed by atoms with Gasteiger partial charge in [0, 0.05) is 9.79 Å². The molecular formula is C25H25NS2. The summed E-state index contributed by atoms with van der Waals surface area (Å²) in [7, 11) is 0. The molecule has 0 aliphatic heterocycles. The van der Waals surface area contributed by atoms with Gasteiger partial charge in [0.05, 0.1) is 5.69 Å². The summed E-state index contributed by atoms with van der Waals surface area (Å²) in [6, 6.07) is 29.4. The largest absolute Gasteiger partial charge is 0.241 e. The fourth-order valence-corrected chi connectivity index (χ4v) is 4.25. The summed E-state index contributed by atoms with van der Waals surface area (Å²) >= 11 is 3.43. The van der Waals surface area contributed by atoms with Crippen LogP contribution in [-0.2, 0) is 0 Å². The summed E-state index contributed by atoms with van der Waals surface area (Å²) in [6.45, 7) is 6.55. The van der Waals surface area contributed by atoms with Crippen molar-refractivity contribution in [3.8, 4) is 0 Å². The molecule has 0 aromatic heterocycles. The van der Waals surface area contributed by atoms with Crippen molar-refractivity contribution in [3.05, 3.63) is 101 Å². The lowest BCUT2D eigenvalue weighted by Crippen LogP contribution is -1.94. The second-order valence-electron chi connectivity index (χ2n) is 6.81. The maximum atomic E-state index is 4.96. The molecule has 3 heteroatoms. The first-order valence-corrected chi connectivity index (χ1v) is 11.1. The van der Waals surface area contributed by atoms with Crippen LogP contribution in [0.5, 0.6) is 0 Å². The van der Waals surface area contributed by atoms with Crippen molar-refractivity contribution in [3.63, 3.8) is 0 Å². The lowest BCUT2D eigenvalue weighted by Gasteiger charge is -2.09. The molecule has 0 heterocycles. The van der Waals surface area contributed by atoms with Crippen LogP contribution in [0.1, 0.15) is 32.3 Å². The third kappa shape index (κ3) is 6.15. The van der Waals surface area contributed by atoms with Gasteiger partial charge in [-0.2, -0.15) is 0 Å². The van der Waals surface area contributed by atoms with E-state index in [-0.39, 0.29) is 0 Å². The van der Waals surface area contributed by atoms with E-state index in [2.05, 4.69) is 99.0 Å². The van der Waals surface area contributed by atoms with Gasteiger partial charge in [0.25, 0.3) is 0 Å². The monoisotopic (exact) mass is 403 g/mol. The van der Waals surface area contributed by atoms with E-state index in [1.54, 1.807) is 23.5 Å². The standard InChI is InChI=1S/C25H25NS2/c1-19(2)21-14-16-22(17-15-21)26-25(28-24-12-8-5-9-13-24)20(3)18-27-23-10-6-4-7-11-23/h4-19H,1-3H3. The first kappa shape index (κ1) is 20.5. The van der Waals surface area contributed by atoms with E-state index >= 15 is 0 Å². The predicted octanol–water partition coefficient (Wildman–Crippen LogP) is 8.33. The van der Waals surface area contributed by atoms with Gasteiger partial charge in [0.15, 0.2) is 0 Å². The molecule has 0 aliphatic rings. The van der Waals surface area contributed by atoms with Gasteiger partial charge in [0.1, 0.15) is 5.04 Å². The molecule has 0 aliphatic carbocycles. The summed E-state index contributed by atoms with van der Waals surface area (Å²) in [5.41, 5.74) is 3.49. The molecular weight excluding hydrogens is 378 g/mol. The smallest absolute Gasteiger partial charge is 0.105 e. The summed E-state index contributed by atoms with van der Waals surface area (Å²) < 4.78 is 0. The Balaban J connectivity index is 1.87. The molecule has 0 radical (unpaired) electrons. The minimum atomic E-state index is 0.528. The first-order chi connectivity index (χ1) is 13.6. The summed E-state index contributed by atoms with van der Waals surface area (Å²) in [5, 5.41) is 3.21. The summed E-state index contributed by atoms with van der Waals surface area (Å²) in [5.74, 6) is 0.528. The zero-order valence-electron chi connectivity index (χ0n) is 16.5. The Morgan fingerprint density at radius 1 is 0.786 bits per heavy atom. The van der Waals surface area contributed by atoms with Crippen LogP contribution in [0.2, 0.25) is 0 Å². The van der Waals surface area contributed by atoms with Crippen LogP contribution in [0.3, 0.4) is 0 Å². The Morgan fingerprint density at radius 3 is 1.93 bits per heavy atom. The Bertz CT molecular complexity index is 927. The molecule has 0 bridgehead atoms. The SMILES string of the molecule is CC(=CSc1ccccc1)C(=Nc1ccc(C(C)C)cc1)Sc1ccccc1. The summed E-state index contributed by atoms with van der Waals surface area (Å²) in [4.78, 5) is 7.39. The van der Waals surface area contributed by atoms with Crippen molar-refractivity contribution in [2.45, 2.75) is 36.5 Å². The molecule has 0 amide bonds. The Kier molecular flexibility index (Phi) is 7.58. The van der Waals surface area contributed by atoms with E-state index in [0.717, 1.165) is 16.3 Å². The average molecular weight is 404 g/mol. The lowest BCUT2D eigenvalue weighted by atomic mass is 10.0. The maximum Gasteiger partial charge on any atom is 0.105 e. The van der Waals surface area contributed by atoms with Gasteiger partial charge < -0.3 is 0 Å². The predicted molar refractivity (Wildman–Crippen MR) is 126 cm³/mol. The number of aliphatic imine (C=N–C) groups is 1. The first-order valence-electron chi connectivity index (χ1n) is 9.42. The number of thioether (sulfide) groups is 2. The molecule has 0 saturated carbocycles. The zero-order valence-corrected chi connectivity index (χ0v) is 18.1. The van der Waals surface area contributed by atoms with Crippen LogP contribution in [-0.4, -0.2) is 5.04 Å². The number of nitrogens with zero attached hydrogens (tertiary/aromatic N) is 1. The van der Waals surface area contributed by atoms with Crippen LogP contribution in [0.25, 0.3) is 0 Å². The van der Waals surface area contributed by atoms with E-state index in [1.807, 2.05) is 12.1 Å².